The van der Waals surface area contributed by atoms with Crippen LogP contribution in [0.1, 0.15) is 31.9 Å². The molecule has 1 heterocycles. The minimum atomic E-state index is -4.36. The van der Waals surface area contributed by atoms with Crippen LogP contribution in [0.4, 0.5) is 18.9 Å². The van der Waals surface area contributed by atoms with Crippen molar-refractivity contribution in [2.45, 2.75) is 32.4 Å². The molecule has 0 aliphatic carbocycles. The second-order valence-electron chi connectivity index (χ2n) is 8.48. The van der Waals surface area contributed by atoms with Crippen LogP contribution in [0.25, 0.3) is 0 Å². The quantitative estimate of drug-likeness (QED) is 0.717. The fourth-order valence-corrected chi connectivity index (χ4v) is 3.38. The summed E-state index contributed by atoms with van der Waals surface area (Å²) in [6, 6.07) is 13.0. The first-order chi connectivity index (χ1) is 14.0. The third kappa shape index (κ3) is 5.46. The van der Waals surface area contributed by atoms with Gasteiger partial charge in [-0.05, 0) is 41.3 Å². The van der Waals surface area contributed by atoms with Gasteiger partial charge >= 0.3 is 6.18 Å². The summed E-state index contributed by atoms with van der Waals surface area (Å²) in [5.41, 5.74) is 1.09. The zero-order chi connectivity index (χ0) is 21.9. The van der Waals surface area contributed by atoms with Crippen molar-refractivity contribution >= 4 is 11.6 Å². The van der Waals surface area contributed by atoms with Crippen LogP contribution in [0.3, 0.4) is 0 Å². The summed E-state index contributed by atoms with van der Waals surface area (Å²) in [6.45, 7) is 8.18. The van der Waals surface area contributed by atoms with Gasteiger partial charge in [0.25, 0.3) is 5.91 Å². The number of benzene rings is 2. The lowest BCUT2D eigenvalue weighted by atomic mass is 9.87. The van der Waals surface area contributed by atoms with Gasteiger partial charge < -0.3 is 14.5 Å². The van der Waals surface area contributed by atoms with Gasteiger partial charge in [0.05, 0.1) is 5.56 Å². The molecule has 3 rings (SSSR count). The number of carbonyl (C=O) groups excluding carboxylic acids is 1. The van der Waals surface area contributed by atoms with E-state index in [1.54, 1.807) is 11.0 Å². The van der Waals surface area contributed by atoms with Crippen LogP contribution >= 0.6 is 0 Å². The second-order valence-corrected chi connectivity index (χ2v) is 8.48. The Balaban J connectivity index is 1.51. The first kappa shape index (κ1) is 22.0. The molecule has 0 unspecified atom stereocenters. The van der Waals surface area contributed by atoms with E-state index in [9.17, 15) is 18.0 Å². The topological polar surface area (TPSA) is 32.8 Å². The maximum absolute atomic E-state index is 12.9. The van der Waals surface area contributed by atoms with E-state index in [2.05, 4.69) is 20.8 Å². The molecule has 0 atom stereocenters. The van der Waals surface area contributed by atoms with Crippen molar-refractivity contribution in [3.8, 4) is 5.75 Å². The lowest BCUT2D eigenvalue weighted by Crippen LogP contribution is -2.50. The van der Waals surface area contributed by atoms with Crippen LogP contribution in [-0.2, 0) is 16.4 Å². The van der Waals surface area contributed by atoms with Gasteiger partial charge in [-0.15, -0.1) is 0 Å². The molecule has 0 bridgehead atoms. The molecule has 0 spiro atoms. The largest absolute Gasteiger partial charge is 0.484 e. The van der Waals surface area contributed by atoms with Crippen molar-refractivity contribution in [2.75, 3.05) is 37.7 Å². The summed E-state index contributed by atoms with van der Waals surface area (Å²) in [5, 5.41) is 0. The normalized spacial score (nSPS) is 15.3. The molecule has 1 aliphatic heterocycles. The van der Waals surface area contributed by atoms with Crippen LogP contribution in [0.15, 0.2) is 48.5 Å². The molecular formula is C23H27F3N2O2. The molecular weight excluding hydrogens is 393 g/mol. The summed E-state index contributed by atoms with van der Waals surface area (Å²) in [5.74, 6) is 0.512. The van der Waals surface area contributed by atoms with Gasteiger partial charge in [0, 0.05) is 31.9 Å². The van der Waals surface area contributed by atoms with Crippen molar-refractivity contribution < 1.29 is 22.7 Å². The highest BCUT2D eigenvalue weighted by Crippen LogP contribution is 2.32. The predicted octanol–water partition coefficient (Wildman–Crippen LogP) is 4.73. The molecule has 30 heavy (non-hydrogen) atoms. The SMILES string of the molecule is CC(C)(C)c1ccc(OCC(=O)N2CCN(c3cccc(C(F)(F)F)c3)CC2)cc1. The van der Waals surface area contributed by atoms with E-state index in [0.717, 1.165) is 12.1 Å². The highest BCUT2D eigenvalue weighted by molar-refractivity contribution is 5.78. The summed E-state index contributed by atoms with van der Waals surface area (Å²) in [7, 11) is 0. The highest BCUT2D eigenvalue weighted by Gasteiger charge is 2.31. The molecule has 2 aromatic carbocycles. The van der Waals surface area contributed by atoms with Gasteiger partial charge in [0.15, 0.2) is 6.61 Å². The van der Waals surface area contributed by atoms with E-state index in [-0.39, 0.29) is 17.9 Å². The standard InChI is InChI=1S/C23H27F3N2O2/c1-22(2,3)17-7-9-20(10-8-17)30-16-21(29)28-13-11-27(12-14-28)19-6-4-5-18(15-19)23(24,25)26/h4-10,15H,11-14,16H2,1-3H3. The van der Waals surface area contributed by atoms with Crippen LogP contribution in [0, 0.1) is 0 Å². The fourth-order valence-electron chi connectivity index (χ4n) is 3.38. The van der Waals surface area contributed by atoms with Crippen molar-refractivity contribution in [3.63, 3.8) is 0 Å². The second kappa shape index (κ2) is 8.58. The number of rotatable bonds is 4. The van der Waals surface area contributed by atoms with E-state index in [0.29, 0.717) is 37.6 Å². The Morgan fingerprint density at radius 2 is 1.57 bits per heavy atom. The van der Waals surface area contributed by atoms with Crippen LogP contribution in [0.2, 0.25) is 0 Å². The highest BCUT2D eigenvalue weighted by atomic mass is 19.4. The Morgan fingerprint density at radius 3 is 2.13 bits per heavy atom. The summed E-state index contributed by atoms with van der Waals surface area (Å²) >= 11 is 0. The van der Waals surface area contributed by atoms with Crippen molar-refractivity contribution in [3.05, 3.63) is 59.7 Å². The average Bonchev–Trinajstić information content (AvgIpc) is 2.71. The minimum Gasteiger partial charge on any atom is -0.484 e. The first-order valence-corrected chi connectivity index (χ1v) is 9.97. The van der Waals surface area contributed by atoms with Gasteiger partial charge in [-0.1, -0.05) is 39.0 Å². The molecule has 0 N–H and O–H groups in total. The smallest absolute Gasteiger partial charge is 0.416 e. The van der Waals surface area contributed by atoms with E-state index in [1.165, 1.54) is 11.6 Å². The predicted molar refractivity (Wildman–Crippen MR) is 111 cm³/mol. The average molecular weight is 420 g/mol. The number of alkyl halides is 3. The molecule has 1 saturated heterocycles. The summed E-state index contributed by atoms with van der Waals surface area (Å²) in [6.07, 6.45) is -4.36. The number of hydrogen-bond donors (Lipinski definition) is 0. The molecule has 0 saturated carbocycles. The Morgan fingerprint density at radius 1 is 0.933 bits per heavy atom. The zero-order valence-corrected chi connectivity index (χ0v) is 17.5. The van der Waals surface area contributed by atoms with E-state index in [1.807, 2.05) is 29.2 Å². The molecule has 162 valence electrons. The number of halogens is 3. The molecule has 1 aliphatic rings. The van der Waals surface area contributed by atoms with E-state index >= 15 is 0 Å². The third-order valence-corrected chi connectivity index (χ3v) is 5.25. The van der Waals surface area contributed by atoms with Crippen molar-refractivity contribution in [1.29, 1.82) is 0 Å². The Hall–Kier alpha value is -2.70. The number of anilines is 1. The summed E-state index contributed by atoms with van der Waals surface area (Å²) < 4.78 is 44.4. The molecule has 1 amide bonds. The number of nitrogens with zero attached hydrogens (tertiary/aromatic N) is 2. The molecule has 2 aromatic rings. The summed E-state index contributed by atoms with van der Waals surface area (Å²) in [4.78, 5) is 16.0. The third-order valence-electron chi connectivity index (χ3n) is 5.25. The maximum atomic E-state index is 12.9. The van der Waals surface area contributed by atoms with Gasteiger partial charge in [0.2, 0.25) is 0 Å². The zero-order valence-electron chi connectivity index (χ0n) is 17.5. The number of hydrogen-bond acceptors (Lipinski definition) is 3. The maximum Gasteiger partial charge on any atom is 0.416 e. The molecule has 1 fully saturated rings. The minimum absolute atomic E-state index is 0.0492. The number of carbonyl (C=O) groups is 1. The molecule has 0 radical (unpaired) electrons. The van der Waals surface area contributed by atoms with Crippen molar-refractivity contribution in [1.82, 2.24) is 4.90 Å². The van der Waals surface area contributed by atoms with Gasteiger partial charge in [0.1, 0.15) is 5.75 Å². The van der Waals surface area contributed by atoms with Gasteiger partial charge in [-0.25, -0.2) is 0 Å². The number of piperazine rings is 1. The molecule has 7 heteroatoms. The van der Waals surface area contributed by atoms with E-state index in [4.69, 9.17) is 4.74 Å². The lowest BCUT2D eigenvalue weighted by molar-refractivity contribution is -0.137. The van der Waals surface area contributed by atoms with Gasteiger partial charge in [-0.3, -0.25) is 4.79 Å². The van der Waals surface area contributed by atoms with Crippen LogP contribution in [-0.4, -0.2) is 43.6 Å². The Bertz CT molecular complexity index is 865. The first-order valence-electron chi connectivity index (χ1n) is 9.97. The number of ether oxygens (including phenoxy) is 1. The van der Waals surface area contributed by atoms with Crippen molar-refractivity contribution in [2.24, 2.45) is 0 Å². The lowest BCUT2D eigenvalue weighted by Gasteiger charge is -2.36. The number of amides is 1. The molecule has 0 aromatic heterocycles. The van der Waals surface area contributed by atoms with E-state index < -0.39 is 11.7 Å². The van der Waals surface area contributed by atoms with Crippen LogP contribution < -0.4 is 9.64 Å². The fraction of sp³-hybridized carbons (Fsp3) is 0.435. The van der Waals surface area contributed by atoms with Crippen LogP contribution in [0.5, 0.6) is 5.75 Å². The van der Waals surface area contributed by atoms with Gasteiger partial charge in [-0.2, -0.15) is 13.2 Å². The Kier molecular flexibility index (Phi) is 6.29. The monoisotopic (exact) mass is 420 g/mol. The Labute approximate surface area is 175 Å². The molecule has 4 nitrogen and oxygen atoms in total.